The predicted molar refractivity (Wildman–Crippen MR) is 424 cm³/mol. The Hall–Kier alpha value is -10.2. The number of halogens is 1. The van der Waals surface area contributed by atoms with Crippen molar-refractivity contribution in [3.63, 3.8) is 0 Å². The van der Waals surface area contributed by atoms with Crippen LogP contribution in [0.15, 0.2) is 97.2 Å². The van der Waals surface area contributed by atoms with E-state index >= 15 is 33.2 Å². The number of Topliss-reactive ketones (excluding diaryl/α,β-unsaturated/α-hetero) is 1. The van der Waals surface area contributed by atoms with Crippen molar-refractivity contribution < 1.29 is 90.5 Å². The number of fused-ring (bicyclic) bond motifs is 16. The molecule has 624 valence electrons. The highest BCUT2D eigenvalue weighted by Gasteiger charge is 2.50. The van der Waals surface area contributed by atoms with Crippen LogP contribution in [0.1, 0.15) is 137 Å². The van der Waals surface area contributed by atoms with E-state index in [-0.39, 0.29) is 123 Å². The van der Waals surface area contributed by atoms with E-state index in [0.717, 1.165) is 22.6 Å². The zero-order valence-electron chi connectivity index (χ0n) is 67.2. The Morgan fingerprint density at radius 1 is 0.652 bits per heavy atom. The number of carbonyl (C=O) groups is 12. The van der Waals surface area contributed by atoms with E-state index < -0.39 is 143 Å². The minimum Gasteiger partial charge on any atom is -0.497 e. The second-order valence-corrected chi connectivity index (χ2v) is 31.6. The van der Waals surface area contributed by atoms with E-state index in [9.17, 15) is 33.9 Å². The zero-order chi connectivity index (χ0) is 81.8. The van der Waals surface area contributed by atoms with Crippen molar-refractivity contribution in [2.75, 3.05) is 87.5 Å². The number of aliphatic hydroxyl groups excluding tert-OH is 1. The number of nitrogens with zero attached hydrogens (tertiary/aromatic N) is 4. The summed E-state index contributed by atoms with van der Waals surface area (Å²) in [6.07, 6.45) is -0.237. The normalized spacial score (nSPS) is 24.9. The summed E-state index contributed by atoms with van der Waals surface area (Å²) >= 11 is 0. The quantitative estimate of drug-likeness (QED) is 0.0386. The number of aromatic nitrogens is 1. The van der Waals surface area contributed by atoms with Gasteiger partial charge in [0.15, 0.2) is 0 Å². The Kier molecular flexibility index (Phi) is 31.9. The molecule has 11 amide bonds. The topological polar surface area (TPSA) is 382 Å². The van der Waals surface area contributed by atoms with E-state index in [2.05, 4.69) is 47.9 Å². The summed E-state index contributed by atoms with van der Waals surface area (Å²) in [6, 6.07) is 13.4. The van der Waals surface area contributed by atoms with Crippen LogP contribution < -0.4 is 52.6 Å². The number of amides is 11. The third kappa shape index (κ3) is 24.7. The van der Waals surface area contributed by atoms with Crippen LogP contribution in [-0.2, 0) is 111 Å². The van der Waals surface area contributed by atoms with Crippen LogP contribution in [0.3, 0.4) is 0 Å². The third-order valence-corrected chi connectivity index (χ3v) is 21.8. The van der Waals surface area contributed by atoms with Crippen LogP contribution in [-0.4, -0.2) is 242 Å². The first-order valence-electron chi connectivity index (χ1n) is 39.6. The van der Waals surface area contributed by atoms with E-state index in [1.165, 1.54) is 38.0 Å². The number of likely N-dealkylation sites (N-methyl/N-ethyl adjacent to an activating group) is 1. The van der Waals surface area contributed by atoms with Crippen molar-refractivity contribution in [2.45, 2.75) is 203 Å². The van der Waals surface area contributed by atoms with Crippen molar-refractivity contribution in [3.05, 3.63) is 144 Å². The number of nitrogens with one attached hydrogen (secondary N) is 9. The number of benzene rings is 4. The van der Waals surface area contributed by atoms with Gasteiger partial charge in [0.05, 0.1) is 72.9 Å². The highest BCUT2D eigenvalue weighted by atomic mass is 19.1. The van der Waals surface area contributed by atoms with Crippen molar-refractivity contribution in [2.24, 2.45) is 0 Å². The molecule has 1 aromatic heterocycles. The Bertz CT molecular complexity index is 4270. The van der Waals surface area contributed by atoms with Crippen LogP contribution in [0.5, 0.6) is 5.75 Å². The molecule has 31 heteroatoms. The molecule has 4 aromatic carbocycles. The van der Waals surface area contributed by atoms with E-state index in [4.69, 9.17) is 18.9 Å². The molecular formula is C84H114FN13O17. The molecule has 2 fully saturated rings. The van der Waals surface area contributed by atoms with Crippen LogP contribution in [0.25, 0.3) is 10.9 Å². The molecule has 30 nitrogen and oxygen atoms in total. The van der Waals surface area contributed by atoms with Crippen LogP contribution in [0.4, 0.5) is 4.39 Å². The maximum Gasteiger partial charge on any atom is 0.246 e. The van der Waals surface area contributed by atoms with Crippen molar-refractivity contribution in [3.8, 4) is 5.75 Å². The molecule has 1 unspecified atom stereocenters. The van der Waals surface area contributed by atoms with Crippen LogP contribution >= 0.6 is 0 Å². The van der Waals surface area contributed by atoms with Gasteiger partial charge in [0.2, 0.25) is 65.0 Å². The minimum absolute atomic E-state index is 0. The lowest BCUT2D eigenvalue weighted by Crippen LogP contribution is -2.64. The molecule has 5 aromatic rings. The summed E-state index contributed by atoms with van der Waals surface area (Å²) in [5, 5.41) is 37.5. The number of hydrogen-bond acceptors (Lipinski definition) is 17. The molecule has 7 heterocycles. The number of aryl methyl sites for hydroxylation is 1. The van der Waals surface area contributed by atoms with Gasteiger partial charge in [-0.3, -0.25) is 57.5 Å². The van der Waals surface area contributed by atoms with Gasteiger partial charge in [-0.05, 0) is 129 Å². The van der Waals surface area contributed by atoms with Gasteiger partial charge in [0.1, 0.15) is 78.3 Å². The Morgan fingerprint density at radius 2 is 1.37 bits per heavy atom. The number of carbonyl (C=O) groups excluding carboxylic acids is 12. The monoisotopic (exact) mass is 1600 g/mol. The summed E-state index contributed by atoms with van der Waals surface area (Å²) in [6.45, 7) is 5.71. The SMILES string of the molecule is COc1ccc(C[C@@H]2NC(=O)[C@H]([C@@H](C)O)NC(=O)[C@@H]3C4CCN3C(=O)[C@@H]3Cc5cn(c6ccc(F)cc56)CCCCC[C@@H](NC(=O)CCC(=O)N[C@@H](C)C(=O)N[C@H](CCC(=O)CCOCCOCC[N+](C)(C)C)C(=O)N[C@@H](Cc5cccc(c5)CNC(=O)CO4)C(=O)N3)c3ccc(cc3)CCNC(=O)[C@]3(C)CCCN3C2=O)cc1.[CH3-]. The van der Waals surface area contributed by atoms with Gasteiger partial charge >= 0.3 is 0 Å². The first-order valence-corrected chi connectivity index (χ1v) is 39.6. The molecule has 12 bridgehead atoms. The fraction of sp³-hybridized carbons (Fsp3) is 0.536. The number of aliphatic hydroxyl groups is 1. The van der Waals surface area contributed by atoms with Crippen molar-refractivity contribution in [1.82, 2.24) is 62.2 Å². The number of rotatable bonds is 16. The molecule has 0 aliphatic carbocycles. The lowest BCUT2D eigenvalue weighted by atomic mass is 9.95. The number of hydrogen-bond donors (Lipinski definition) is 10. The smallest absolute Gasteiger partial charge is 0.246 e. The Labute approximate surface area is 671 Å². The molecule has 11 rings (SSSR count). The minimum atomic E-state index is -1.86. The van der Waals surface area contributed by atoms with Gasteiger partial charge in [-0.15, -0.1) is 0 Å². The summed E-state index contributed by atoms with van der Waals surface area (Å²) < 4.78 is 41.6. The standard InChI is InChI=1S/C83H110FN13O17.CH3/c1-51-75(103)89-64(26-23-60(99)32-39-112-41-42-113-40-38-97(4,5)6)76(104)90-65-45-55-13-11-14-56(43-55)48-86-72(102)50-114-69-31-37-95-74(69)79(107)93-73(52(2)98)78(106)92-66(44-54-18-24-61(111-7)25-19-54)81(109)96-36-12-33-83(96,3)82(110)85-34-30-53-16-20-57(21-17-53)63(88-71(101)29-28-70(100)87-51)15-9-8-10-35-94-49-58(46-67(80(95)108)91-77(65)105)62-47-59(84)22-27-68(62)94;/h11,13-14,16-22,24-25,27,43,47,49,51-52,63-67,69,73-74,98H,8-10,12,15,23,26,28-42,44-46,48,50H2,1-7H3,(H8-,85,86,87,88,89,90,91,92,93,100,101,102,103,104,105,106,107,110);1H3/q;-1/p+1/t51-,52+,63+,64+,65-,66-,67-,69?,73-,74-,83-;/m0./s1. The molecule has 115 heavy (non-hydrogen) atoms. The molecule has 2 saturated heterocycles. The fourth-order valence-electron chi connectivity index (χ4n) is 15.2. The molecular weight excluding hydrogens is 1480 g/mol. The molecule has 11 atom stereocenters. The fourth-order valence-corrected chi connectivity index (χ4v) is 15.2. The first kappa shape index (κ1) is 88.7. The number of quaternary nitrogens is 1. The van der Waals surface area contributed by atoms with Gasteiger partial charge in [-0.25, -0.2) is 4.39 Å². The van der Waals surface area contributed by atoms with Crippen LogP contribution in [0.2, 0.25) is 0 Å². The molecule has 0 spiro atoms. The van der Waals surface area contributed by atoms with E-state index in [0.29, 0.717) is 95.1 Å². The summed E-state index contributed by atoms with van der Waals surface area (Å²) in [5.74, 6) is -9.09. The van der Waals surface area contributed by atoms with Gasteiger partial charge in [0.25, 0.3) is 0 Å². The van der Waals surface area contributed by atoms with E-state index in [1.807, 2.05) is 50.0 Å². The lowest BCUT2D eigenvalue weighted by molar-refractivity contribution is -0.870. The molecule has 6 aliphatic rings. The van der Waals surface area contributed by atoms with Gasteiger partial charge < -0.3 is 98.2 Å². The summed E-state index contributed by atoms with van der Waals surface area (Å²) in [4.78, 5) is 181. The van der Waals surface area contributed by atoms with Crippen molar-refractivity contribution >= 4 is 81.7 Å². The first-order chi connectivity index (χ1) is 54.5. The van der Waals surface area contributed by atoms with E-state index in [1.54, 1.807) is 67.7 Å². The van der Waals surface area contributed by atoms with Crippen molar-refractivity contribution in [1.29, 1.82) is 0 Å². The number of methoxy groups -OCH3 is 1. The lowest BCUT2D eigenvalue weighted by Gasteiger charge is -2.37. The zero-order valence-corrected chi connectivity index (χ0v) is 67.2. The molecule has 6 aliphatic heterocycles. The van der Waals surface area contributed by atoms with Gasteiger partial charge in [-0.1, -0.05) is 73.5 Å². The average molecular weight is 1600 g/mol. The third-order valence-electron chi connectivity index (χ3n) is 21.8. The number of ether oxygens (including phenoxy) is 4. The Morgan fingerprint density at radius 3 is 2.10 bits per heavy atom. The van der Waals surface area contributed by atoms with Gasteiger partial charge in [-0.2, -0.15) is 0 Å². The van der Waals surface area contributed by atoms with Crippen LogP contribution in [0, 0.1) is 13.2 Å². The second kappa shape index (κ2) is 41.4. The Balaban J connectivity index is 0.0000151. The molecule has 0 radical (unpaired) electrons. The van der Waals surface area contributed by atoms with Gasteiger partial charge in [0, 0.05) is 94.8 Å². The summed E-state index contributed by atoms with van der Waals surface area (Å²) in [7, 11) is 7.61. The molecule has 0 saturated carbocycles. The second-order valence-electron chi connectivity index (χ2n) is 31.6. The maximum atomic E-state index is 16.3. The largest absolute Gasteiger partial charge is 0.497 e. The highest BCUT2D eigenvalue weighted by Crippen LogP contribution is 2.33. The maximum absolute atomic E-state index is 16.3. The predicted octanol–water partition coefficient (Wildman–Crippen LogP) is 2.94. The number of ketones is 1. The highest BCUT2D eigenvalue weighted by molar-refractivity contribution is 6.00. The summed E-state index contributed by atoms with van der Waals surface area (Å²) in [5.41, 5.74) is 2.66. The average Bonchev–Trinajstić information content (AvgIpc) is 1.65. The molecule has 10 N–H and O–H groups in total.